The van der Waals surface area contributed by atoms with Crippen LogP contribution in [-0.2, 0) is 4.74 Å². The molecule has 0 radical (unpaired) electrons. The number of carbonyl (C=O) groups is 1. The van der Waals surface area contributed by atoms with Gasteiger partial charge < -0.3 is 4.74 Å². The Balaban J connectivity index is 1.97. The summed E-state index contributed by atoms with van der Waals surface area (Å²) in [7, 11) is 0. The number of benzene rings is 1. The van der Waals surface area contributed by atoms with Gasteiger partial charge in [0.2, 0.25) is 0 Å². The lowest BCUT2D eigenvalue weighted by Gasteiger charge is -2.42. The van der Waals surface area contributed by atoms with Crippen LogP contribution in [0.25, 0.3) is 0 Å². The van der Waals surface area contributed by atoms with Crippen molar-refractivity contribution in [1.82, 2.24) is 4.90 Å². The summed E-state index contributed by atoms with van der Waals surface area (Å²) in [6.45, 7) is 10.9. The average molecular weight is 275 g/mol. The van der Waals surface area contributed by atoms with Crippen LogP contribution in [0.1, 0.15) is 38.1 Å². The largest absolute Gasteiger partial charge is 0.370 e. The number of morpholine rings is 1. The molecule has 0 aromatic heterocycles. The molecule has 0 spiro atoms. The molecule has 1 heterocycles. The van der Waals surface area contributed by atoms with Crippen LogP contribution in [0.4, 0.5) is 0 Å². The van der Waals surface area contributed by atoms with Gasteiger partial charge in [-0.3, -0.25) is 9.69 Å². The molecule has 1 saturated heterocycles. The number of ketones is 1. The molecule has 3 heteroatoms. The molecule has 0 amide bonds. The molecule has 0 N–H and O–H groups in total. The summed E-state index contributed by atoms with van der Waals surface area (Å²) < 4.78 is 5.90. The maximum atomic E-state index is 12.4. The zero-order valence-electron chi connectivity index (χ0n) is 12.9. The first-order valence-corrected chi connectivity index (χ1v) is 7.37. The fourth-order valence-electron chi connectivity index (χ4n) is 3.08. The lowest BCUT2D eigenvalue weighted by molar-refractivity contribution is -0.130. The van der Waals surface area contributed by atoms with Crippen molar-refractivity contribution in [1.29, 1.82) is 0 Å². The van der Waals surface area contributed by atoms with Gasteiger partial charge in [-0.15, -0.1) is 0 Å². The van der Waals surface area contributed by atoms with Crippen LogP contribution in [0.2, 0.25) is 0 Å². The van der Waals surface area contributed by atoms with Crippen molar-refractivity contribution in [3.63, 3.8) is 0 Å². The summed E-state index contributed by atoms with van der Waals surface area (Å²) in [5.41, 5.74) is 0.674. The van der Waals surface area contributed by atoms with Gasteiger partial charge in [-0.1, -0.05) is 37.3 Å². The summed E-state index contributed by atoms with van der Waals surface area (Å²) in [4.78, 5) is 14.8. The van der Waals surface area contributed by atoms with E-state index < -0.39 is 0 Å². The average Bonchev–Trinajstić information content (AvgIpc) is 2.36. The van der Waals surface area contributed by atoms with Gasteiger partial charge in [0.05, 0.1) is 11.7 Å². The highest BCUT2D eigenvalue weighted by molar-refractivity contribution is 5.97. The maximum Gasteiger partial charge on any atom is 0.166 e. The third-order valence-corrected chi connectivity index (χ3v) is 3.68. The van der Waals surface area contributed by atoms with Gasteiger partial charge >= 0.3 is 0 Å². The van der Waals surface area contributed by atoms with E-state index in [1.807, 2.05) is 37.3 Å². The number of Topliss-reactive ketones (excluding diaryl/α,β-unsaturated/α-hetero) is 1. The van der Waals surface area contributed by atoms with Gasteiger partial charge in [-0.2, -0.15) is 0 Å². The monoisotopic (exact) mass is 275 g/mol. The quantitative estimate of drug-likeness (QED) is 0.791. The molecular formula is C17H25NO2. The van der Waals surface area contributed by atoms with E-state index in [1.54, 1.807) is 0 Å². The number of nitrogens with zero attached hydrogens (tertiary/aromatic N) is 1. The van der Waals surface area contributed by atoms with E-state index in [9.17, 15) is 4.79 Å². The molecule has 3 nitrogen and oxygen atoms in total. The zero-order chi connectivity index (χ0) is 14.8. The Morgan fingerprint density at radius 3 is 2.65 bits per heavy atom. The smallest absolute Gasteiger partial charge is 0.166 e. The summed E-state index contributed by atoms with van der Waals surface area (Å²) in [5.74, 6) is 0.237. The van der Waals surface area contributed by atoms with Gasteiger partial charge in [-0.25, -0.2) is 0 Å². The second kappa shape index (κ2) is 6.06. The van der Waals surface area contributed by atoms with E-state index in [2.05, 4.69) is 25.7 Å². The molecule has 2 rings (SSSR count). The molecule has 20 heavy (non-hydrogen) atoms. The number of ether oxygens (including phenoxy) is 1. The highest BCUT2D eigenvalue weighted by Crippen LogP contribution is 2.22. The molecule has 2 atom stereocenters. The number of hydrogen-bond acceptors (Lipinski definition) is 3. The van der Waals surface area contributed by atoms with Crippen molar-refractivity contribution in [2.75, 3.05) is 19.6 Å². The van der Waals surface area contributed by atoms with Gasteiger partial charge in [0.25, 0.3) is 0 Å². The molecule has 0 bridgehead atoms. The SMILES string of the molecule is CC1CN(CC(C)C(=O)c2ccccc2)CC(C)(C)O1. The van der Waals surface area contributed by atoms with E-state index in [0.29, 0.717) is 0 Å². The summed E-state index contributed by atoms with van der Waals surface area (Å²) >= 11 is 0. The molecule has 2 unspecified atom stereocenters. The predicted molar refractivity (Wildman–Crippen MR) is 81.0 cm³/mol. The minimum Gasteiger partial charge on any atom is -0.370 e. The van der Waals surface area contributed by atoms with Gasteiger partial charge in [0.1, 0.15) is 0 Å². The van der Waals surface area contributed by atoms with Crippen molar-refractivity contribution in [2.24, 2.45) is 5.92 Å². The van der Waals surface area contributed by atoms with Crippen LogP contribution in [0.5, 0.6) is 0 Å². The minimum absolute atomic E-state index is 0.0125. The number of carbonyl (C=O) groups excluding carboxylic acids is 1. The highest BCUT2D eigenvalue weighted by Gasteiger charge is 2.32. The van der Waals surface area contributed by atoms with Crippen LogP contribution in [0, 0.1) is 5.92 Å². The van der Waals surface area contributed by atoms with Crippen LogP contribution in [0.3, 0.4) is 0 Å². The van der Waals surface area contributed by atoms with Gasteiger partial charge in [0.15, 0.2) is 5.78 Å². The van der Waals surface area contributed by atoms with E-state index in [1.165, 1.54) is 0 Å². The van der Waals surface area contributed by atoms with E-state index >= 15 is 0 Å². The van der Waals surface area contributed by atoms with Crippen molar-refractivity contribution in [2.45, 2.75) is 39.4 Å². The van der Waals surface area contributed by atoms with Crippen LogP contribution < -0.4 is 0 Å². The first kappa shape index (κ1) is 15.2. The summed E-state index contributed by atoms with van der Waals surface area (Å²) in [6.07, 6.45) is 0.220. The fraction of sp³-hybridized carbons (Fsp3) is 0.588. The third kappa shape index (κ3) is 3.90. The lowest BCUT2D eigenvalue weighted by atomic mass is 9.97. The van der Waals surface area contributed by atoms with E-state index in [-0.39, 0.29) is 23.4 Å². The standard InChI is InChI=1S/C17H25NO2/c1-13(16(19)15-8-6-5-7-9-15)10-18-11-14(2)20-17(3,4)12-18/h5-9,13-14H,10-12H2,1-4H3. The molecule has 0 saturated carbocycles. The van der Waals surface area contributed by atoms with Crippen LogP contribution in [-0.4, -0.2) is 42.0 Å². The highest BCUT2D eigenvalue weighted by atomic mass is 16.5. The third-order valence-electron chi connectivity index (χ3n) is 3.68. The second-order valence-electron chi connectivity index (χ2n) is 6.51. The Morgan fingerprint density at radius 1 is 1.40 bits per heavy atom. The molecule has 1 aliphatic rings. The number of hydrogen-bond donors (Lipinski definition) is 0. The Kier molecular flexibility index (Phi) is 4.61. The van der Waals surface area contributed by atoms with Crippen molar-refractivity contribution in [3.8, 4) is 0 Å². The maximum absolute atomic E-state index is 12.4. The fourth-order valence-corrected chi connectivity index (χ4v) is 3.08. The van der Waals surface area contributed by atoms with Crippen molar-refractivity contribution >= 4 is 5.78 Å². The molecule has 110 valence electrons. The molecule has 1 aromatic carbocycles. The van der Waals surface area contributed by atoms with Crippen molar-refractivity contribution in [3.05, 3.63) is 35.9 Å². The summed E-state index contributed by atoms with van der Waals surface area (Å²) in [6, 6.07) is 9.56. The Morgan fingerprint density at radius 2 is 2.05 bits per heavy atom. The first-order chi connectivity index (χ1) is 9.37. The molecule has 0 aliphatic carbocycles. The van der Waals surface area contributed by atoms with Crippen LogP contribution >= 0.6 is 0 Å². The van der Waals surface area contributed by atoms with E-state index in [4.69, 9.17) is 4.74 Å². The predicted octanol–water partition coefficient (Wildman–Crippen LogP) is 3.00. The topological polar surface area (TPSA) is 29.5 Å². The lowest BCUT2D eigenvalue weighted by Crippen LogP contribution is -2.53. The minimum atomic E-state index is -0.132. The Bertz CT molecular complexity index is 455. The van der Waals surface area contributed by atoms with Gasteiger partial charge in [0, 0.05) is 31.1 Å². The summed E-state index contributed by atoms with van der Waals surface area (Å²) in [5, 5.41) is 0. The van der Waals surface area contributed by atoms with Crippen LogP contribution in [0.15, 0.2) is 30.3 Å². The Labute approximate surface area is 121 Å². The normalized spacial score (nSPS) is 24.3. The molecule has 1 aliphatic heterocycles. The second-order valence-corrected chi connectivity index (χ2v) is 6.51. The molecule has 1 aromatic rings. The number of rotatable bonds is 4. The van der Waals surface area contributed by atoms with E-state index in [0.717, 1.165) is 25.2 Å². The van der Waals surface area contributed by atoms with Gasteiger partial charge in [-0.05, 0) is 20.8 Å². The zero-order valence-corrected chi connectivity index (χ0v) is 12.9. The first-order valence-electron chi connectivity index (χ1n) is 7.37. The molecular weight excluding hydrogens is 250 g/mol. The Hall–Kier alpha value is -1.19. The van der Waals surface area contributed by atoms with Crippen molar-refractivity contribution < 1.29 is 9.53 Å². The molecule has 1 fully saturated rings.